The van der Waals surface area contributed by atoms with Crippen molar-refractivity contribution in [3.63, 3.8) is 0 Å². The maximum atomic E-state index is 12.1. The van der Waals surface area contributed by atoms with E-state index in [9.17, 15) is 9.59 Å². The first kappa shape index (κ1) is 16.7. The summed E-state index contributed by atoms with van der Waals surface area (Å²) in [6, 6.07) is 14.7. The monoisotopic (exact) mass is 312 g/mol. The van der Waals surface area contributed by atoms with Crippen molar-refractivity contribution in [3.8, 4) is 0 Å². The van der Waals surface area contributed by atoms with Gasteiger partial charge in [-0.1, -0.05) is 29.8 Å². The van der Waals surface area contributed by atoms with Crippen molar-refractivity contribution in [1.82, 2.24) is 5.32 Å². The van der Waals surface area contributed by atoms with Crippen LogP contribution in [0.2, 0.25) is 0 Å². The summed E-state index contributed by atoms with van der Waals surface area (Å²) in [6.45, 7) is 2.38. The fourth-order valence-corrected chi connectivity index (χ4v) is 2.08. The Balaban J connectivity index is 1.94. The van der Waals surface area contributed by atoms with Crippen molar-refractivity contribution in [1.29, 1.82) is 0 Å². The quantitative estimate of drug-likeness (QED) is 0.861. The summed E-state index contributed by atoms with van der Waals surface area (Å²) >= 11 is 0. The topological polar surface area (TPSA) is 67.4 Å². The molecular formula is C18H20N2O3. The number of aryl methyl sites for hydroxylation is 1. The van der Waals surface area contributed by atoms with Crippen LogP contribution in [-0.4, -0.2) is 25.5 Å². The predicted molar refractivity (Wildman–Crippen MR) is 89.3 cm³/mol. The van der Waals surface area contributed by atoms with Crippen LogP contribution >= 0.6 is 0 Å². The standard InChI is InChI=1S/C18H20N2O3/c1-13-6-8-15(9-7-13)18(22)19-11-14-4-3-5-16(10-14)20-17(21)12-23-2/h3-10H,11-12H2,1-2H3,(H,19,22)(H,20,21). The average molecular weight is 312 g/mol. The highest BCUT2D eigenvalue weighted by Gasteiger charge is 2.06. The number of amides is 2. The second kappa shape index (κ2) is 8.10. The first-order chi connectivity index (χ1) is 11.1. The summed E-state index contributed by atoms with van der Waals surface area (Å²) in [5.41, 5.74) is 3.32. The lowest BCUT2D eigenvalue weighted by atomic mass is 10.1. The van der Waals surface area contributed by atoms with Crippen molar-refractivity contribution in [2.45, 2.75) is 13.5 Å². The normalized spacial score (nSPS) is 10.2. The van der Waals surface area contributed by atoms with Crippen LogP contribution in [0.4, 0.5) is 5.69 Å². The van der Waals surface area contributed by atoms with Gasteiger partial charge in [-0.2, -0.15) is 0 Å². The maximum Gasteiger partial charge on any atom is 0.251 e. The fraction of sp³-hybridized carbons (Fsp3) is 0.222. The molecule has 0 aliphatic rings. The Morgan fingerprint density at radius 2 is 1.83 bits per heavy atom. The molecule has 0 saturated carbocycles. The van der Waals surface area contributed by atoms with Crippen molar-refractivity contribution >= 4 is 17.5 Å². The van der Waals surface area contributed by atoms with E-state index in [-0.39, 0.29) is 18.4 Å². The highest BCUT2D eigenvalue weighted by atomic mass is 16.5. The number of benzene rings is 2. The van der Waals surface area contributed by atoms with Crippen molar-refractivity contribution < 1.29 is 14.3 Å². The van der Waals surface area contributed by atoms with E-state index in [0.717, 1.165) is 11.1 Å². The smallest absolute Gasteiger partial charge is 0.251 e. The summed E-state index contributed by atoms with van der Waals surface area (Å²) in [6.07, 6.45) is 0. The van der Waals surface area contributed by atoms with E-state index in [1.165, 1.54) is 7.11 Å². The van der Waals surface area contributed by atoms with Crippen molar-refractivity contribution in [2.24, 2.45) is 0 Å². The van der Waals surface area contributed by atoms with E-state index < -0.39 is 0 Å². The minimum Gasteiger partial charge on any atom is -0.375 e. The Morgan fingerprint density at radius 3 is 2.52 bits per heavy atom. The molecule has 0 bridgehead atoms. The Labute approximate surface area is 135 Å². The number of hydrogen-bond donors (Lipinski definition) is 2. The number of nitrogens with one attached hydrogen (secondary N) is 2. The third-order valence-corrected chi connectivity index (χ3v) is 3.25. The van der Waals surface area contributed by atoms with E-state index in [4.69, 9.17) is 4.74 Å². The average Bonchev–Trinajstić information content (AvgIpc) is 2.54. The van der Waals surface area contributed by atoms with Crippen LogP contribution in [0.3, 0.4) is 0 Å². The molecule has 0 fully saturated rings. The van der Waals surface area contributed by atoms with Gasteiger partial charge in [0.15, 0.2) is 0 Å². The second-order valence-corrected chi connectivity index (χ2v) is 5.23. The van der Waals surface area contributed by atoms with E-state index in [0.29, 0.717) is 17.8 Å². The number of carbonyl (C=O) groups excluding carboxylic acids is 2. The number of carbonyl (C=O) groups is 2. The third kappa shape index (κ3) is 5.23. The van der Waals surface area contributed by atoms with Gasteiger partial charge in [0, 0.05) is 24.9 Å². The summed E-state index contributed by atoms with van der Waals surface area (Å²) in [5, 5.41) is 5.60. The van der Waals surface area contributed by atoms with Gasteiger partial charge in [-0.05, 0) is 36.8 Å². The van der Waals surface area contributed by atoms with Gasteiger partial charge in [0.1, 0.15) is 6.61 Å². The number of hydrogen-bond acceptors (Lipinski definition) is 3. The summed E-state index contributed by atoms with van der Waals surface area (Å²) < 4.78 is 4.77. The van der Waals surface area contributed by atoms with Gasteiger partial charge in [-0.15, -0.1) is 0 Å². The fourth-order valence-electron chi connectivity index (χ4n) is 2.08. The molecule has 0 spiro atoms. The van der Waals surface area contributed by atoms with E-state index in [2.05, 4.69) is 10.6 Å². The van der Waals surface area contributed by atoms with Crippen molar-refractivity contribution in [3.05, 3.63) is 65.2 Å². The highest BCUT2D eigenvalue weighted by Crippen LogP contribution is 2.11. The molecule has 5 nitrogen and oxygen atoms in total. The van der Waals surface area contributed by atoms with Crippen LogP contribution < -0.4 is 10.6 Å². The lowest BCUT2D eigenvalue weighted by molar-refractivity contribution is -0.119. The van der Waals surface area contributed by atoms with Crippen LogP contribution in [0.5, 0.6) is 0 Å². The molecule has 0 aliphatic heterocycles. The number of ether oxygens (including phenoxy) is 1. The van der Waals surface area contributed by atoms with Crippen molar-refractivity contribution in [2.75, 3.05) is 19.0 Å². The molecule has 2 rings (SSSR count). The van der Waals surface area contributed by atoms with Gasteiger partial charge in [0.25, 0.3) is 5.91 Å². The minimum absolute atomic E-state index is 0.00832. The first-order valence-electron chi connectivity index (χ1n) is 7.31. The minimum atomic E-state index is -0.214. The molecule has 0 aromatic heterocycles. The molecule has 2 amide bonds. The zero-order valence-corrected chi connectivity index (χ0v) is 13.3. The molecule has 2 aromatic carbocycles. The Morgan fingerprint density at radius 1 is 1.09 bits per heavy atom. The highest BCUT2D eigenvalue weighted by molar-refractivity contribution is 5.94. The molecule has 0 saturated heterocycles. The molecule has 0 radical (unpaired) electrons. The first-order valence-corrected chi connectivity index (χ1v) is 7.31. The molecule has 0 unspecified atom stereocenters. The lowest BCUT2D eigenvalue weighted by Crippen LogP contribution is -2.23. The summed E-state index contributed by atoms with van der Waals surface area (Å²) in [4.78, 5) is 23.6. The van der Waals surface area contributed by atoms with Crippen LogP contribution in [0.25, 0.3) is 0 Å². The molecule has 2 aromatic rings. The Bertz CT molecular complexity index is 681. The number of methoxy groups -OCH3 is 1. The van der Waals surface area contributed by atoms with E-state index in [1.54, 1.807) is 18.2 Å². The van der Waals surface area contributed by atoms with E-state index in [1.807, 2.05) is 37.3 Å². The third-order valence-electron chi connectivity index (χ3n) is 3.25. The van der Waals surface area contributed by atoms with Crippen LogP contribution in [0.1, 0.15) is 21.5 Å². The van der Waals surface area contributed by atoms with Gasteiger partial charge >= 0.3 is 0 Å². The van der Waals surface area contributed by atoms with Gasteiger partial charge in [0.05, 0.1) is 0 Å². The van der Waals surface area contributed by atoms with Gasteiger partial charge in [-0.25, -0.2) is 0 Å². The summed E-state index contributed by atoms with van der Waals surface area (Å²) in [7, 11) is 1.47. The molecule has 120 valence electrons. The Kier molecular flexibility index (Phi) is 5.88. The largest absolute Gasteiger partial charge is 0.375 e. The molecule has 0 heterocycles. The number of anilines is 1. The lowest BCUT2D eigenvalue weighted by Gasteiger charge is -2.09. The molecule has 5 heteroatoms. The van der Waals surface area contributed by atoms with Crippen LogP contribution in [-0.2, 0) is 16.1 Å². The van der Waals surface area contributed by atoms with Crippen LogP contribution in [0.15, 0.2) is 48.5 Å². The molecule has 2 N–H and O–H groups in total. The second-order valence-electron chi connectivity index (χ2n) is 5.23. The van der Waals surface area contributed by atoms with E-state index >= 15 is 0 Å². The zero-order chi connectivity index (χ0) is 16.7. The number of rotatable bonds is 6. The SMILES string of the molecule is COCC(=O)Nc1cccc(CNC(=O)c2ccc(C)cc2)c1. The predicted octanol–water partition coefficient (Wildman–Crippen LogP) is 2.51. The summed E-state index contributed by atoms with van der Waals surface area (Å²) in [5.74, 6) is -0.341. The van der Waals surface area contributed by atoms with Gasteiger partial charge in [-0.3, -0.25) is 9.59 Å². The van der Waals surface area contributed by atoms with Crippen LogP contribution in [0, 0.1) is 6.92 Å². The molecule has 0 atom stereocenters. The zero-order valence-electron chi connectivity index (χ0n) is 13.3. The maximum absolute atomic E-state index is 12.1. The molecule has 0 aliphatic carbocycles. The molecule has 23 heavy (non-hydrogen) atoms. The molecular weight excluding hydrogens is 292 g/mol. The van der Waals surface area contributed by atoms with Gasteiger partial charge < -0.3 is 15.4 Å². The van der Waals surface area contributed by atoms with Gasteiger partial charge in [0.2, 0.25) is 5.91 Å². The Hall–Kier alpha value is -2.66.